The summed E-state index contributed by atoms with van der Waals surface area (Å²) in [5.41, 5.74) is 8.01. The average molecular weight is 247 g/mol. The normalized spacial score (nSPS) is 12.4. The van der Waals surface area contributed by atoms with Crippen molar-refractivity contribution in [2.24, 2.45) is 12.8 Å². The van der Waals surface area contributed by atoms with Gasteiger partial charge in [0.25, 0.3) is 0 Å². The lowest BCUT2D eigenvalue weighted by Gasteiger charge is -2.13. The number of hydrogen-bond donors (Lipinski definition) is 1. The van der Waals surface area contributed by atoms with Crippen LogP contribution in [0.5, 0.6) is 5.75 Å². The van der Waals surface area contributed by atoms with Crippen LogP contribution in [0.1, 0.15) is 29.9 Å². The zero-order valence-corrected chi connectivity index (χ0v) is 10.8. The smallest absolute Gasteiger partial charge is 0.212 e. The van der Waals surface area contributed by atoms with Crippen LogP contribution in [-0.4, -0.2) is 20.2 Å². The molecule has 1 heterocycles. The topological polar surface area (TPSA) is 78.9 Å². The maximum Gasteiger partial charge on any atom is 0.212 e. The molecule has 0 amide bonds. The van der Waals surface area contributed by atoms with E-state index in [9.17, 15) is 0 Å². The minimum Gasteiger partial charge on any atom is -0.485 e. The van der Waals surface area contributed by atoms with Crippen LogP contribution in [0.15, 0.2) is 18.2 Å². The predicted octanol–water partition coefficient (Wildman–Crippen LogP) is 1.12. The molecule has 2 rings (SSSR count). The molecule has 0 bridgehead atoms. The molecule has 0 radical (unpaired) electrons. The van der Waals surface area contributed by atoms with Gasteiger partial charge in [-0.2, -0.15) is 4.80 Å². The third kappa shape index (κ3) is 2.84. The molecule has 0 saturated heterocycles. The molecule has 1 atom stereocenters. The van der Waals surface area contributed by atoms with Crippen LogP contribution in [0, 0.1) is 6.92 Å². The Morgan fingerprint density at radius 3 is 2.83 bits per heavy atom. The molecule has 0 spiro atoms. The molecule has 2 N–H and O–H groups in total. The zero-order chi connectivity index (χ0) is 13.1. The van der Waals surface area contributed by atoms with Crippen molar-refractivity contribution >= 4 is 0 Å². The molecule has 2 aromatic rings. The van der Waals surface area contributed by atoms with Crippen molar-refractivity contribution in [2.45, 2.75) is 26.5 Å². The lowest BCUT2D eigenvalue weighted by molar-refractivity contribution is 0.290. The SMILES string of the molecule is Cc1ccc([C@H](C)N)c(OCc2nnn(C)n2)c1. The number of ether oxygens (including phenoxy) is 1. The maximum atomic E-state index is 5.91. The van der Waals surface area contributed by atoms with Crippen molar-refractivity contribution in [2.75, 3.05) is 0 Å². The van der Waals surface area contributed by atoms with Crippen LogP contribution in [-0.2, 0) is 13.7 Å². The van der Waals surface area contributed by atoms with E-state index in [2.05, 4.69) is 15.4 Å². The second kappa shape index (κ2) is 5.14. The number of nitrogens with two attached hydrogens (primary N) is 1. The van der Waals surface area contributed by atoms with Gasteiger partial charge in [-0.1, -0.05) is 12.1 Å². The highest BCUT2D eigenvalue weighted by Crippen LogP contribution is 2.25. The molecule has 0 saturated carbocycles. The minimum absolute atomic E-state index is 0.0737. The van der Waals surface area contributed by atoms with Gasteiger partial charge in [-0.3, -0.25) is 0 Å². The van der Waals surface area contributed by atoms with Crippen molar-refractivity contribution in [1.29, 1.82) is 0 Å². The van der Waals surface area contributed by atoms with Gasteiger partial charge in [-0.15, -0.1) is 10.2 Å². The number of tetrazole rings is 1. The Hall–Kier alpha value is -1.95. The summed E-state index contributed by atoms with van der Waals surface area (Å²) in [6, 6.07) is 5.90. The van der Waals surface area contributed by atoms with Gasteiger partial charge in [0.2, 0.25) is 5.82 Å². The molecule has 0 unspecified atom stereocenters. The highest BCUT2D eigenvalue weighted by atomic mass is 16.5. The van der Waals surface area contributed by atoms with E-state index in [1.165, 1.54) is 4.80 Å². The summed E-state index contributed by atoms with van der Waals surface area (Å²) >= 11 is 0. The fraction of sp³-hybridized carbons (Fsp3) is 0.417. The number of hydrogen-bond acceptors (Lipinski definition) is 5. The van der Waals surface area contributed by atoms with E-state index in [-0.39, 0.29) is 12.6 Å². The fourth-order valence-electron chi connectivity index (χ4n) is 1.67. The molecule has 0 aliphatic carbocycles. The molecule has 18 heavy (non-hydrogen) atoms. The second-order valence-electron chi connectivity index (χ2n) is 4.31. The molecule has 1 aromatic carbocycles. The maximum absolute atomic E-state index is 5.91. The van der Waals surface area contributed by atoms with E-state index in [4.69, 9.17) is 10.5 Å². The number of aromatic nitrogens is 4. The molecule has 0 aliphatic heterocycles. The van der Waals surface area contributed by atoms with Crippen molar-refractivity contribution in [3.63, 3.8) is 0 Å². The largest absolute Gasteiger partial charge is 0.485 e. The zero-order valence-electron chi connectivity index (χ0n) is 10.8. The molecule has 6 nitrogen and oxygen atoms in total. The van der Waals surface area contributed by atoms with Gasteiger partial charge in [0.1, 0.15) is 5.75 Å². The number of rotatable bonds is 4. The van der Waals surface area contributed by atoms with Crippen molar-refractivity contribution < 1.29 is 4.74 Å². The van der Waals surface area contributed by atoms with Gasteiger partial charge in [-0.25, -0.2) is 0 Å². The van der Waals surface area contributed by atoms with Gasteiger partial charge in [0.15, 0.2) is 6.61 Å². The molecular formula is C12H17N5O. The minimum atomic E-state index is -0.0737. The Balaban J connectivity index is 2.15. The second-order valence-corrected chi connectivity index (χ2v) is 4.31. The summed E-state index contributed by atoms with van der Waals surface area (Å²) in [5.74, 6) is 1.33. The molecule has 0 aliphatic rings. The standard InChI is InChI=1S/C12H17N5O/c1-8-4-5-10(9(2)13)11(6-8)18-7-12-14-16-17(3)15-12/h4-6,9H,7,13H2,1-3H3/t9-/m0/s1. The van der Waals surface area contributed by atoms with Gasteiger partial charge in [-0.05, 0) is 30.7 Å². The van der Waals surface area contributed by atoms with Gasteiger partial charge in [0, 0.05) is 11.6 Å². The molecule has 1 aromatic heterocycles. The van der Waals surface area contributed by atoms with Gasteiger partial charge >= 0.3 is 0 Å². The molecule has 6 heteroatoms. The summed E-state index contributed by atoms with van der Waals surface area (Å²) in [6.45, 7) is 4.23. The van der Waals surface area contributed by atoms with Crippen LogP contribution in [0.2, 0.25) is 0 Å². The highest BCUT2D eigenvalue weighted by Gasteiger charge is 2.10. The van der Waals surface area contributed by atoms with E-state index in [1.54, 1.807) is 7.05 Å². The number of aryl methyl sites for hydroxylation is 2. The first kappa shape index (κ1) is 12.5. The Morgan fingerprint density at radius 2 is 2.22 bits per heavy atom. The van der Waals surface area contributed by atoms with Crippen molar-refractivity contribution in [1.82, 2.24) is 20.2 Å². The Bertz CT molecular complexity index is 535. The van der Waals surface area contributed by atoms with E-state index in [0.29, 0.717) is 5.82 Å². The summed E-state index contributed by atoms with van der Waals surface area (Å²) in [6.07, 6.45) is 0. The van der Waals surface area contributed by atoms with Crippen LogP contribution in [0.4, 0.5) is 0 Å². The Morgan fingerprint density at radius 1 is 1.44 bits per heavy atom. The number of benzene rings is 1. The first-order valence-electron chi connectivity index (χ1n) is 5.78. The van der Waals surface area contributed by atoms with Crippen molar-refractivity contribution in [3.8, 4) is 5.75 Å². The van der Waals surface area contributed by atoms with Gasteiger partial charge in [0.05, 0.1) is 7.05 Å². The lowest BCUT2D eigenvalue weighted by atomic mass is 10.1. The summed E-state index contributed by atoms with van der Waals surface area (Å²) in [5, 5.41) is 11.7. The Labute approximate surface area is 106 Å². The van der Waals surface area contributed by atoms with Gasteiger partial charge < -0.3 is 10.5 Å². The monoisotopic (exact) mass is 247 g/mol. The summed E-state index contributed by atoms with van der Waals surface area (Å²) < 4.78 is 5.72. The summed E-state index contributed by atoms with van der Waals surface area (Å²) in [4.78, 5) is 1.40. The third-order valence-electron chi connectivity index (χ3n) is 2.57. The molecular weight excluding hydrogens is 230 g/mol. The van der Waals surface area contributed by atoms with Crippen LogP contribution < -0.4 is 10.5 Å². The first-order valence-corrected chi connectivity index (χ1v) is 5.78. The predicted molar refractivity (Wildman–Crippen MR) is 66.9 cm³/mol. The van der Waals surface area contributed by atoms with Crippen LogP contribution >= 0.6 is 0 Å². The van der Waals surface area contributed by atoms with E-state index in [1.807, 2.05) is 32.0 Å². The molecule has 0 fully saturated rings. The van der Waals surface area contributed by atoms with Crippen LogP contribution in [0.25, 0.3) is 0 Å². The van der Waals surface area contributed by atoms with E-state index < -0.39 is 0 Å². The quantitative estimate of drug-likeness (QED) is 0.875. The van der Waals surface area contributed by atoms with E-state index in [0.717, 1.165) is 16.9 Å². The fourth-order valence-corrected chi connectivity index (χ4v) is 1.67. The first-order chi connectivity index (χ1) is 8.56. The highest BCUT2D eigenvalue weighted by molar-refractivity contribution is 5.38. The Kier molecular flexibility index (Phi) is 3.57. The third-order valence-corrected chi connectivity index (χ3v) is 2.57. The van der Waals surface area contributed by atoms with Crippen molar-refractivity contribution in [3.05, 3.63) is 35.2 Å². The van der Waals surface area contributed by atoms with Crippen LogP contribution in [0.3, 0.4) is 0 Å². The summed E-state index contributed by atoms with van der Waals surface area (Å²) in [7, 11) is 1.72. The lowest BCUT2D eigenvalue weighted by Crippen LogP contribution is -2.09. The number of nitrogens with zero attached hydrogens (tertiary/aromatic N) is 4. The molecule has 96 valence electrons. The average Bonchev–Trinajstić information content (AvgIpc) is 2.72. The van der Waals surface area contributed by atoms with E-state index >= 15 is 0 Å².